The molecule has 2 N–H and O–H groups in total. The van der Waals surface area contributed by atoms with Gasteiger partial charge in [-0.25, -0.2) is 0 Å². The molecule has 1 aromatic carbocycles. The summed E-state index contributed by atoms with van der Waals surface area (Å²) in [6.45, 7) is 9.77. The van der Waals surface area contributed by atoms with Gasteiger partial charge in [-0.05, 0) is 81.2 Å². The fourth-order valence-corrected chi connectivity index (χ4v) is 6.72. The quantitative estimate of drug-likeness (QED) is 0.604. The van der Waals surface area contributed by atoms with Crippen LogP contribution in [0.15, 0.2) is 30.3 Å². The van der Waals surface area contributed by atoms with E-state index in [1.54, 1.807) is 0 Å². The number of amides is 1. The molecular weight excluding hydrogens is 392 g/mol. The highest BCUT2D eigenvalue weighted by atomic mass is 35.5. The number of carbonyl (C=O) groups excluding carboxylic acids is 1. The van der Waals surface area contributed by atoms with Gasteiger partial charge in [-0.15, -0.1) is 11.6 Å². The van der Waals surface area contributed by atoms with Crippen molar-refractivity contribution in [3.05, 3.63) is 35.9 Å². The number of hydrogen-bond donors (Lipinski definition) is 2. The van der Waals surface area contributed by atoms with Gasteiger partial charge in [0, 0.05) is 23.4 Å². The third-order valence-electron chi connectivity index (χ3n) is 7.52. The number of piperidine rings is 1. The Morgan fingerprint density at radius 1 is 1.17 bits per heavy atom. The molecule has 3 nitrogen and oxygen atoms in total. The lowest BCUT2D eigenvalue weighted by Gasteiger charge is -2.54. The lowest BCUT2D eigenvalue weighted by molar-refractivity contribution is -0.137. The van der Waals surface area contributed by atoms with Gasteiger partial charge in [0.05, 0.1) is 0 Å². The summed E-state index contributed by atoms with van der Waals surface area (Å²) in [5.41, 5.74) is 1.39. The van der Waals surface area contributed by atoms with E-state index in [9.17, 15) is 4.79 Å². The molecule has 0 aromatic heterocycles. The second-order valence-corrected chi connectivity index (χ2v) is 11.1. The number of benzene rings is 1. The Hall–Kier alpha value is -1.06. The van der Waals surface area contributed by atoms with Crippen LogP contribution in [0.5, 0.6) is 0 Å². The van der Waals surface area contributed by atoms with Crippen LogP contribution in [-0.2, 0) is 10.2 Å². The Labute approximate surface area is 188 Å². The average molecular weight is 433 g/mol. The number of hydrogen-bond acceptors (Lipinski definition) is 2. The van der Waals surface area contributed by atoms with Gasteiger partial charge >= 0.3 is 0 Å². The number of rotatable bonds is 3. The number of alkyl halides is 1. The highest BCUT2D eigenvalue weighted by Crippen LogP contribution is 2.58. The van der Waals surface area contributed by atoms with E-state index in [-0.39, 0.29) is 10.8 Å². The van der Waals surface area contributed by atoms with E-state index in [4.69, 9.17) is 11.6 Å². The van der Waals surface area contributed by atoms with Crippen LogP contribution < -0.4 is 10.6 Å². The molecular formula is C26H41ClN2O. The zero-order valence-electron chi connectivity index (χ0n) is 19.3. The van der Waals surface area contributed by atoms with E-state index in [2.05, 4.69) is 61.7 Å². The van der Waals surface area contributed by atoms with E-state index in [1.807, 2.05) is 6.92 Å². The first kappa shape index (κ1) is 23.6. The molecule has 1 amide bonds. The van der Waals surface area contributed by atoms with Gasteiger partial charge in [0.1, 0.15) is 0 Å². The summed E-state index contributed by atoms with van der Waals surface area (Å²) in [6, 6.07) is 11.9. The maximum Gasteiger partial charge on any atom is 0.226 e. The summed E-state index contributed by atoms with van der Waals surface area (Å²) in [7, 11) is 0. The minimum absolute atomic E-state index is 0.176. The predicted molar refractivity (Wildman–Crippen MR) is 127 cm³/mol. The molecule has 30 heavy (non-hydrogen) atoms. The van der Waals surface area contributed by atoms with Gasteiger partial charge in [0.2, 0.25) is 5.91 Å². The van der Waals surface area contributed by atoms with Crippen molar-refractivity contribution in [1.29, 1.82) is 0 Å². The molecule has 1 aromatic rings. The molecule has 6 atom stereocenters. The SMILES string of the molecule is CC1CC2CC(C)(C(=O)NC3CCNC(C)C3)CC(c3ccccc3)(C1)C2.CCCl. The topological polar surface area (TPSA) is 41.1 Å². The van der Waals surface area contributed by atoms with E-state index >= 15 is 0 Å². The van der Waals surface area contributed by atoms with Crippen LogP contribution in [0.3, 0.4) is 0 Å². The normalized spacial score (nSPS) is 38.2. The summed E-state index contributed by atoms with van der Waals surface area (Å²) >= 11 is 5.00. The van der Waals surface area contributed by atoms with Gasteiger partial charge in [-0.1, -0.05) is 51.1 Å². The van der Waals surface area contributed by atoms with Crippen LogP contribution in [0.1, 0.15) is 78.2 Å². The van der Waals surface area contributed by atoms with Gasteiger partial charge in [0.25, 0.3) is 0 Å². The standard InChI is InChI=1S/C24H36N2O.C2H5Cl/c1-17-11-19-14-23(3,22(27)26-21-9-10-25-18(2)12-21)16-24(13-17,15-19)20-7-5-4-6-8-20;1-2-3/h4-8,17-19,21,25H,9-16H2,1-3H3,(H,26,27);2H2,1H3. The van der Waals surface area contributed by atoms with Crippen LogP contribution >= 0.6 is 11.6 Å². The van der Waals surface area contributed by atoms with Crippen molar-refractivity contribution in [3.8, 4) is 0 Å². The Kier molecular flexibility index (Phi) is 7.90. The molecule has 2 aliphatic carbocycles. The molecule has 1 heterocycles. The molecule has 168 valence electrons. The first-order valence-electron chi connectivity index (χ1n) is 12.0. The van der Waals surface area contributed by atoms with E-state index in [0.717, 1.165) is 44.0 Å². The Bertz CT molecular complexity index is 692. The fourth-order valence-electron chi connectivity index (χ4n) is 6.72. The van der Waals surface area contributed by atoms with Crippen LogP contribution in [0.4, 0.5) is 0 Å². The number of nitrogens with one attached hydrogen (secondary N) is 2. The monoisotopic (exact) mass is 432 g/mol. The van der Waals surface area contributed by atoms with E-state index in [0.29, 0.717) is 23.9 Å². The van der Waals surface area contributed by atoms with Crippen molar-refractivity contribution in [2.75, 3.05) is 12.4 Å². The molecule has 2 saturated carbocycles. The summed E-state index contributed by atoms with van der Waals surface area (Å²) < 4.78 is 0. The molecule has 1 aliphatic heterocycles. The second kappa shape index (κ2) is 10.0. The molecule has 4 rings (SSSR count). The lowest BCUT2D eigenvalue weighted by Crippen LogP contribution is -2.55. The van der Waals surface area contributed by atoms with Crippen LogP contribution in [-0.4, -0.2) is 30.4 Å². The highest BCUT2D eigenvalue weighted by Gasteiger charge is 2.53. The van der Waals surface area contributed by atoms with Crippen molar-refractivity contribution >= 4 is 17.5 Å². The Morgan fingerprint density at radius 3 is 2.53 bits per heavy atom. The molecule has 4 heteroatoms. The maximum atomic E-state index is 13.4. The molecule has 0 spiro atoms. The predicted octanol–water partition coefficient (Wildman–Crippen LogP) is 5.66. The first-order valence-corrected chi connectivity index (χ1v) is 12.5. The molecule has 2 bridgehead atoms. The lowest BCUT2D eigenvalue weighted by atomic mass is 9.50. The fraction of sp³-hybridized carbons (Fsp3) is 0.731. The van der Waals surface area contributed by atoms with E-state index in [1.165, 1.54) is 24.8 Å². The zero-order chi connectivity index (χ0) is 21.8. The maximum absolute atomic E-state index is 13.4. The van der Waals surface area contributed by atoms with Gasteiger partial charge in [-0.3, -0.25) is 4.79 Å². The minimum Gasteiger partial charge on any atom is -0.353 e. The minimum atomic E-state index is -0.243. The van der Waals surface area contributed by atoms with Crippen molar-refractivity contribution in [3.63, 3.8) is 0 Å². The van der Waals surface area contributed by atoms with Gasteiger partial charge < -0.3 is 10.6 Å². The summed E-state index contributed by atoms with van der Waals surface area (Å²) in [5, 5.41) is 6.94. The van der Waals surface area contributed by atoms with Crippen LogP contribution in [0, 0.1) is 17.3 Å². The van der Waals surface area contributed by atoms with Gasteiger partial charge in [-0.2, -0.15) is 0 Å². The molecule has 3 fully saturated rings. The Morgan fingerprint density at radius 2 is 1.87 bits per heavy atom. The van der Waals surface area contributed by atoms with Crippen molar-refractivity contribution < 1.29 is 4.79 Å². The van der Waals surface area contributed by atoms with Crippen molar-refractivity contribution in [1.82, 2.24) is 10.6 Å². The smallest absolute Gasteiger partial charge is 0.226 e. The Balaban J connectivity index is 0.000000806. The number of fused-ring (bicyclic) bond motifs is 2. The number of halogens is 1. The largest absolute Gasteiger partial charge is 0.353 e. The second-order valence-electron chi connectivity index (χ2n) is 10.5. The average Bonchev–Trinajstić information content (AvgIpc) is 2.68. The summed E-state index contributed by atoms with van der Waals surface area (Å²) in [5.74, 6) is 2.45. The summed E-state index contributed by atoms with van der Waals surface area (Å²) in [6.07, 6.45) is 7.91. The van der Waals surface area contributed by atoms with Crippen LogP contribution in [0.25, 0.3) is 0 Å². The summed E-state index contributed by atoms with van der Waals surface area (Å²) in [4.78, 5) is 13.4. The van der Waals surface area contributed by atoms with E-state index < -0.39 is 0 Å². The number of carbonyl (C=O) groups is 1. The van der Waals surface area contributed by atoms with Crippen molar-refractivity contribution in [2.24, 2.45) is 17.3 Å². The molecule has 3 aliphatic rings. The van der Waals surface area contributed by atoms with Crippen LogP contribution in [0.2, 0.25) is 0 Å². The first-order chi connectivity index (χ1) is 14.3. The molecule has 6 unspecified atom stereocenters. The third kappa shape index (κ3) is 5.40. The molecule has 0 radical (unpaired) electrons. The zero-order valence-corrected chi connectivity index (χ0v) is 20.1. The van der Waals surface area contributed by atoms with Crippen molar-refractivity contribution in [2.45, 2.75) is 90.1 Å². The molecule has 1 saturated heterocycles. The highest BCUT2D eigenvalue weighted by molar-refractivity contribution is 6.17. The third-order valence-corrected chi connectivity index (χ3v) is 7.52. The van der Waals surface area contributed by atoms with Gasteiger partial charge in [0.15, 0.2) is 0 Å².